The Morgan fingerprint density at radius 2 is 1.44 bits per heavy atom. The molecule has 3 aromatic carbocycles. The van der Waals surface area contributed by atoms with Gasteiger partial charge in [-0.05, 0) is 146 Å². The number of anilines is 3. The average molecular weight is 1960 g/mol. The molecule has 3 saturated heterocycles. The van der Waals surface area contributed by atoms with Crippen LogP contribution in [0.5, 0.6) is 5.75 Å². The molecule has 4 fully saturated rings. The molecule has 754 valence electrons. The highest BCUT2D eigenvalue weighted by atomic mass is 32.2. The van der Waals surface area contributed by atoms with Crippen LogP contribution in [-0.2, 0) is 90.9 Å². The molecule has 23 N–H and O–H groups in total. The molecular weight excluding hydrogens is 1840 g/mol. The lowest BCUT2D eigenvalue weighted by Gasteiger charge is -2.63. The zero-order chi connectivity index (χ0) is 102. The number of hydrogen-bond donors (Lipinski definition) is 20. The Morgan fingerprint density at radius 1 is 0.771 bits per heavy atom. The number of aromatic nitrogens is 5. The van der Waals surface area contributed by atoms with Gasteiger partial charge >= 0.3 is 29.8 Å². The topological polar surface area (TPSA) is 698 Å². The molecule has 0 radical (unpaired) electrons. The van der Waals surface area contributed by atoms with Crippen LogP contribution >= 0.6 is 11.8 Å². The van der Waals surface area contributed by atoms with Gasteiger partial charge in [-0.2, -0.15) is 10.1 Å². The van der Waals surface area contributed by atoms with Gasteiger partial charge in [0.2, 0.25) is 41.4 Å². The van der Waals surface area contributed by atoms with Gasteiger partial charge in [0.1, 0.15) is 35.4 Å². The van der Waals surface area contributed by atoms with Crippen LogP contribution in [0.1, 0.15) is 163 Å². The summed E-state index contributed by atoms with van der Waals surface area (Å²) >= 11 is 0.754. The number of para-hydroxylation sites is 1. The SMILES string of the molecule is CC(=O)[C@H](CCCN=C(N)N)NC(=O)[C@H](CC(=O)O)NC(=O)CC[C@@H](C)NC(=O)c1ccc(NCc2cnc3nc(N)[nH]c(=O)c3n2)cc1.CC[C@]1(O)C[C@H]2CN(CCc3c([nH]c4ccccc34)[C@@](C(=O)OC)(c3cc4c(cc3OC)N(C)[C@H]3[C@@](O)(C(=O)N/N=C(\C)CCN5C(=O)CC(SC[C@H](NC(=O)[C@H](CC(=O)O)NC(=O)[C@H](CC(=O)O)NC)C(=O)O)C5=O)[C@H](O)[C@]5(CC)C=CCN6CC[C@]43[C@@H]65)C2)C1. The quantitative estimate of drug-likeness (QED) is 0.00436. The van der Waals surface area contributed by atoms with Crippen LogP contribution in [0.3, 0.4) is 0 Å². The average Bonchev–Trinajstić information content (AvgIpc) is 1.47. The second-order valence-electron chi connectivity index (χ2n) is 36.7. The van der Waals surface area contributed by atoms with E-state index in [-0.39, 0.29) is 105 Å². The van der Waals surface area contributed by atoms with Crippen LogP contribution in [0.25, 0.3) is 22.1 Å². The maximum Gasteiger partial charge on any atom is 0.327 e. The summed E-state index contributed by atoms with van der Waals surface area (Å²) in [7, 11) is 5.96. The largest absolute Gasteiger partial charge is 0.496 e. The minimum Gasteiger partial charge on any atom is -0.496 e. The Hall–Kier alpha value is -13.6. The number of ether oxygens (including phenoxy) is 2. The number of aliphatic hydroxyl groups is 3. The Morgan fingerprint density at radius 3 is 2.09 bits per heavy atom. The number of hydrazone groups is 1. The molecule has 8 amide bonds. The first-order valence-corrected chi connectivity index (χ1v) is 47.2. The number of benzene rings is 3. The Kier molecular flexibility index (Phi) is 33.3. The van der Waals surface area contributed by atoms with Gasteiger partial charge in [0.25, 0.3) is 17.4 Å². The third-order valence-electron chi connectivity index (χ3n) is 27.7. The number of guanidine groups is 1. The number of H-pyrrole nitrogens is 2. The number of carbonyl (C=O) groups excluding carboxylic acids is 10. The van der Waals surface area contributed by atoms with E-state index >= 15 is 9.59 Å². The number of nitrogens with zero attached hydrogens (tertiary/aromatic N) is 9. The summed E-state index contributed by atoms with van der Waals surface area (Å²) in [4.78, 5) is 223. The number of carbonyl (C=O) groups is 14. The molecular formula is C93H122N22O24S. The first-order chi connectivity index (χ1) is 66.4. The lowest BCUT2D eigenvalue weighted by atomic mass is 9.47. The summed E-state index contributed by atoms with van der Waals surface area (Å²) < 4.78 is 12.4. The minimum absolute atomic E-state index is 0.0554. The van der Waals surface area contributed by atoms with Crippen LogP contribution in [0.15, 0.2) is 93.9 Å². The number of Topliss-reactive ketones (excluding diaryl/α,β-unsaturated/α-hetero) is 1. The number of hydrogen-bond acceptors (Lipinski definition) is 32. The molecule has 1 saturated carbocycles. The number of aliphatic hydroxyl groups excluding tert-OH is 1. The number of piperidine rings is 1. The van der Waals surface area contributed by atoms with E-state index in [2.05, 4.69) is 87.5 Å². The molecule has 7 aliphatic rings. The molecule has 2 unspecified atom stereocenters. The number of rotatable bonds is 41. The molecule has 140 heavy (non-hydrogen) atoms. The number of likely N-dealkylation sites (N-methyl/N-ethyl adjacent to an activating group) is 2. The lowest BCUT2D eigenvalue weighted by molar-refractivity contribution is -0.203. The standard InChI is InChI=1S/C63H82N10O17S.C30H40N12O7/c1-8-59(87)28-34-29-62(58(86)90-7,49-36(16-20-71(30-34)32-59)35-13-10-11-14-39(35)65-49)38-23-37-43(26-44(38)89-6)70(5)55-61(37)18-22-72-19-12-17-60(9-2,54(61)72)56(84)63(55,88)57(85)69-68-33(3)15-21-73-46(74)27-45(52(73)81)91-31-42(53(82)83)67-51(80)41(25-48(77)78)66-50(79)40(64-4)24-47(75)76;1-15(5-10-22(44)39-21(12-23(45)46)27(48)40-20(16(2)43)4-3-11-34-29(31)32)37-26(47)17-6-8-18(9-7-17)35-13-19-14-36-25-24(38-19)28(49)42-30(33)41-25/h10-14,17,23,26,34,40-42,45,54-56,64-65,84,87-88H,8-9,15-16,18-22,24-25,27-32H2,1-7H3,(H,66,79)(H,67,80)(H,69,85)(H,75,76)(H,77,78)(H,82,83);6-9,14-15,20-21,35H,3-5,10-13H2,1-2H3,(H,37,47)(H,39,44)(H,40,48)(H,45,46)(H4,31,32,34)(H3,33,36,41,42,49)/b68-33+;/t34-,40+,41+,42+,45?,54+,55-,56-,59+,60-,61-,62+,63+;15-,20+,21+/m11/s1. The predicted molar refractivity (Wildman–Crippen MR) is 510 cm³/mol. The summed E-state index contributed by atoms with van der Waals surface area (Å²) in [5.41, 5.74) is 16.9. The number of methoxy groups -OCH3 is 2. The lowest BCUT2D eigenvalue weighted by Crippen LogP contribution is -2.81. The van der Waals surface area contributed by atoms with E-state index in [1.807, 2.05) is 67.3 Å². The molecule has 3 aromatic heterocycles. The van der Waals surface area contributed by atoms with Crippen molar-refractivity contribution in [3.63, 3.8) is 0 Å². The molecule has 13 rings (SSSR count). The number of aliphatic carboxylic acids is 4. The van der Waals surface area contributed by atoms with Gasteiger partial charge in [-0.15, -0.1) is 11.8 Å². The van der Waals surface area contributed by atoms with Crippen LogP contribution in [0.2, 0.25) is 0 Å². The van der Waals surface area contributed by atoms with Crippen molar-refractivity contribution in [3.05, 3.63) is 123 Å². The normalized spacial score (nSPS) is 24.6. The van der Waals surface area contributed by atoms with Crippen molar-refractivity contribution in [3.8, 4) is 5.75 Å². The van der Waals surface area contributed by atoms with Gasteiger partial charge in [-0.3, -0.25) is 91.8 Å². The van der Waals surface area contributed by atoms with Gasteiger partial charge in [-0.1, -0.05) is 44.2 Å². The van der Waals surface area contributed by atoms with E-state index in [1.54, 1.807) is 45.2 Å². The monoisotopic (exact) mass is 1960 g/mol. The number of nitrogen functional groups attached to an aromatic ring is 1. The number of ketones is 1. The maximum absolute atomic E-state index is 15.6. The summed E-state index contributed by atoms with van der Waals surface area (Å²) in [5, 5.41) is 98.7. The van der Waals surface area contributed by atoms with Crippen LogP contribution in [0.4, 0.5) is 17.3 Å². The van der Waals surface area contributed by atoms with Crippen molar-refractivity contribution in [2.45, 2.75) is 219 Å². The van der Waals surface area contributed by atoms with Crippen molar-refractivity contribution in [2.24, 2.45) is 32.9 Å². The molecule has 9 heterocycles. The van der Waals surface area contributed by atoms with Crippen LogP contribution < -0.4 is 75.0 Å². The highest BCUT2D eigenvalue weighted by Gasteiger charge is 2.79. The molecule has 6 aliphatic heterocycles. The van der Waals surface area contributed by atoms with E-state index < -0.39 is 189 Å². The van der Waals surface area contributed by atoms with E-state index in [0.29, 0.717) is 111 Å². The summed E-state index contributed by atoms with van der Waals surface area (Å²) in [6.45, 7) is 11.5. The second-order valence-corrected chi connectivity index (χ2v) is 38.0. The van der Waals surface area contributed by atoms with Crippen molar-refractivity contribution in [1.82, 2.24) is 76.9 Å². The number of nitrogens with two attached hydrogens (primary N) is 3. The molecule has 2 bridgehead atoms. The summed E-state index contributed by atoms with van der Waals surface area (Å²) in [6.07, 6.45) is 3.95. The molecule has 6 aromatic rings. The van der Waals surface area contributed by atoms with Gasteiger partial charge in [0.05, 0.1) is 80.9 Å². The summed E-state index contributed by atoms with van der Waals surface area (Å²) in [5.74, 6) is -13.5. The fourth-order valence-corrected chi connectivity index (χ4v) is 22.1. The molecule has 1 aliphatic carbocycles. The Balaban J connectivity index is 0.000000302. The van der Waals surface area contributed by atoms with Crippen LogP contribution in [-0.4, -0.2) is 321 Å². The minimum atomic E-state index is -2.60. The number of aromatic amines is 2. The predicted octanol–water partition coefficient (Wildman–Crippen LogP) is -0.526. The highest BCUT2D eigenvalue weighted by Crippen LogP contribution is 2.68. The van der Waals surface area contributed by atoms with Crippen molar-refractivity contribution in [1.29, 1.82) is 0 Å². The number of nitrogens with one attached hydrogen (secondary N) is 10. The molecule has 46 nitrogen and oxygen atoms in total. The van der Waals surface area contributed by atoms with Gasteiger partial charge in [-0.25, -0.2) is 20.2 Å². The molecule has 17 atom stereocenters. The number of esters is 1. The van der Waals surface area contributed by atoms with Gasteiger partial charge in [0.15, 0.2) is 28.5 Å². The van der Waals surface area contributed by atoms with Gasteiger partial charge < -0.3 is 110 Å². The fraction of sp³-hybridized carbons (Fsp3) is 0.527. The van der Waals surface area contributed by atoms with Gasteiger partial charge in [0, 0.05) is 145 Å². The Labute approximate surface area is 807 Å². The Bertz CT molecular complexity index is 5930. The zero-order valence-corrected chi connectivity index (χ0v) is 79.9. The molecule has 1 spiro atoms. The van der Waals surface area contributed by atoms with Crippen molar-refractivity contribution >= 4 is 146 Å². The van der Waals surface area contributed by atoms with Crippen molar-refractivity contribution in [2.75, 3.05) is 95.8 Å². The number of amides is 8. The first-order valence-electron chi connectivity index (χ1n) is 46.1. The van der Waals surface area contributed by atoms with Crippen molar-refractivity contribution < 1.29 is 112 Å². The number of carboxylic acid groups (broad SMARTS) is 4. The highest BCUT2D eigenvalue weighted by molar-refractivity contribution is 8.00. The molecule has 47 heteroatoms. The van der Waals surface area contributed by atoms with Crippen LogP contribution in [0, 0.1) is 11.3 Å². The number of aliphatic imine (C=N–C) groups is 1. The number of likely N-dealkylation sites (tertiary alicyclic amines) is 1. The number of carboxylic acids is 4. The smallest absolute Gasteiger partial charge is 0.327 e. The summed E-state index contributed by atoms with van der Waals surface area (Å²) in [6, 6.07) is 9.08. The van der Waals surface area contributed by atoms with E-state index in [1.165, 1.54) is 34.4 Å². The second kappa shape index (κ2) is 44.3. The fourth-order valence-electron chi connectivity index (χ4n) is 20.9. The third-order valence-corrected chi connectivity index (χ3v) is 29.0. The number of fused-ring (bicyclic) bond motifs is 7. The number of thioether (sulfide) groups is 1. The zero-order valence-electron chi connectivity index (χ0n) is 79.1. The number of imide groups is 1. The third kappa shape index (κ3) is 22.3. The maximum atomic E-state index is 15.6. The van der Waals surface area contributed by atoms with E-state index in [9.17, 15) is 93.0 Å². The first kappa shape index (κ1) is 105. The van der Waals surface area contributed by atoms with E-state index in [0.717, 1.165) is 38.7 Å². The van der Waals surface area contributed by atoms with E-state index in [4.69, 9.17) is 31.8 Å².